The maximum Gasteiger partial charge on any atom is 0.319 e. The zero-order valence-electron chi connectivity index (χ0n) is 12.8. The minimum atomic E-state index is -0.299. The number of amides is 3. The number of nitrogens with one attached hydrogen (secondary N) is 3. The van der Waals surface area contributed by atoms with Crippen molar-refractivity contribution in [1.29, 1.82) is 0 Å². The molecule has 124 valence electrons. The summed E-state index contributed by atoms with van der Waals surface area (Å²) in [4.78, 5) is 23.2. The fourth-order valence-corrected chi connectivity index (χ4v) is 2.54. The molecule has 1 aliphatic rings. The first-order valence-corrected chi connectivity index (χ1v) is 7.84. The number of ether oxygens (including phenoxy) is 1. The molecule has 7 heteroatoms. The Balaban J connectivity index is 1.50. The summed E-state index contributed by atoms with van der Waals surface area (Å²) in [5.74, 6) is 0.490. The molecule has 1 heterocycles. The van der Waals surface area contributed by atoms with Gasteiger partial charge in [-0.25, -0.2) is 4.79 Å². The predicted octanol–water partition coefficient (Wildman–Crippen LogP) is 3.04. The zero-order chi connectivity index (χ0) is 16.9. The highest BCUT2D eigenvalue weighted by atomic mass is 35.5. The fraction of sp³-hybridized carbons (Fsp3) is 0.176. The molecule has 2 aromatic carbocycles. The summed E-state index contributed by atoms with van der Waals surface area (Å²) < 4.78 is 5.31. The molecule has 3 N–H and O–H groups in total. The Hall–Kier alpha value is -2.73. The number of halogens is 1. The molecule has 0 aliphatic carbocycles. The minimum absolute atomic E-state index is 0.0393. The van der Waals surface area contributed by atoms with Gasteiger partial charge in [0.2, 0.25) is 0 Å². The fourth-order valence-electron chi connectivity index (χ4n) is 2.35. The van der Waals surface area contributed by atoms with Gasteiger partial charge in [-0.1, -0.05) is 23.7 Å². The lowest BCUT2D eigenvalue weighted by molar-refractivity contribution is -0.118. The van der Waals surface area contributed by atoms with Gasteiger partial charge in [0, 0.05) is 17.3 Å². The number of urea groups is 1. The Morgan fingerprint density at radius 1 is 1.25 bits per heavy atom. The average Bonchev–Trinajstić information content (AvgIpc) is 2.54. The molecule has 0 atom stereocenters. The third-order valence-electron chi connectivity index (χ3n) is 3.46. The molecule has 0 radical (unpaired) electrons. The third kappa shape index (κ3) is 4.17. The molecule has 1 aliphatic heterocycles. The molecule has 3 amide bonds. The quantitative estimate of drug-likeness (QED) is 0.796. The van der Waals surface area contributed by atoms with Crippen LogP contribution in [0.1, 0.15) is 5.56 Å². The molecule has 6 nitrogen and oxygen atoms in total. The van der Waals surface area contributed by atoms with Gasteiger partial charge in [-0.2, -0.15) is 0 Å². The Morgan fingerprint density at radius 2 is 2.12 bits per heavy atom. The number of carbonyl (C=O) groups is 2. The van der Waals surface area contributed by atoms with Gasteiger partial charge in [0.1, 0.15) is 5.75 Å². The highest BCUT2D eigenvalue weighted by Gasteiger charge is 2.15. The van der Waals surface area contributed by atoms with E-state index in [4.69, 9.17) is 16.3 Å². The lowest BCUT2D eigenvalue weighted by atomic mass is 10.1. The summed E-state index contributed by atoms with van der Waals surface area (Å²) in [5.41, 5.74) is 2.28. The van der Waals surface area contributed by atoms with Crippen molar-refractivity contribution in [2.75, 3.05) is 23.8 Å². The predicted molar refractivity (Wildman–Crippen MR) is 92.7 cm³/mol. The molecular formula is C17H16ClN3O3. The Bertz CT molecular complexity index is 779. The van der Waals surface area contributed by atoms with Crippen LogP contribution in [0.5, 0.6) is 5.75 Å². The van der Waals surface area contributed by atoms with Crippen LogP contribution in [0.25, 0.3) is 0 Å². The number of benzene rings is 2. The summed E-state index contributed by atoms with van der Waals surface area (Å²) >= 11 is 5.87. The largest absolute Gasteiger partial charge is 0.482 e. The van der Waals surface area contributed by atoms with Crippen molar-refractivity contribution < 1.29 is 14.3 Å². The number of anilines is 2. The average molecular weight is 346 g/mol. The van der Waals surface area contributed by atoms with Crippen molar-refractivity contribution in [3.63, 3.8) is 0 Å². The topological polar surface area (TPSA) is 79.5 Å². The maximum atomic E-state index is 11.8. The second-order valence-electron chi connectivity index (χ2n) is 5.31. The lowest BCUT2D eigenvalue weighted by Gasteiger charge is -2.18. The van der Waals surface area contributed by atoms with E-state index in [1.54, 1.807) is 24.3 Å². The molecule has 0 saturated carbocycles. The maximum absolute atomic E-state index is 11.8. The monoisotopic (exact) mass is 345 g/mol. The van der Waals surface area contributed by atoms with Gasteiger partial charge in [0.05, 0.1) is 5.69 Å². The van der Waals surface area contributed by atoms with Crippen LogP contribution in [0.3, 0.4) is 0 Å². The van der Waals surface area contributed by atoms with Gasteiger partial charge < -0.3 is 20.7 Å². The normalized spacial score (nSPS) is 12.6. The van der Waals surface area contributed by atoms with Crippen LogP contribution in [0.2, 0.25) is 5.02 Å². The van der Waals surface area contributed by atoms with Gasteiger partial charge in [-0.15, -0.1) is 0 Å². The molecule has 0 fully saturated rings. The molecule has 0 spiro atoms. The highest BCUT2D eigenvalue weighted by molar-refractivity contribution is 6.30. The van der Waals surface area contributed by atoms with Gasteiger partial charge in [-0.05, 0) is 42.3 Å². The van der Waals surface area contributed by atoms with E-state index in [0.29, 0.717) is 35.1 Å². The second kappa shape index (κ2) is 7.23. The second-order valence-corrected chi connectivity index (χ2v) is 5.75. The SMILES string of the molecule is O=C1COc2ccc(CCNC(=O)Nc3cccc(Cl)c3)cc2N1. The van der Waals surface area contributed by atoms with Crippen LogP contribution < -0.4 is 20.7 Å². The minimum Gasteiger partial charge on any atom is -0.482 e. The van der Waals surface area contributed by atoms with Gasteiger partial charge in [0.25, 0.3) is 5.91 Å². The summed E-state index contributed by atoms with van der Waals surface area (Å²) in [5, 5.41) is 8.81. The standard InChI is InChI=1S/C17H16ClN3O3/c18-12-2-1-3-13(9-12)20-17(23)19-7-6-11-4-5-15-14(8-11)21-16(22)10-24-15/h1-5,8-9H,6-7,10H2,(H,21,22)(H2,19,20,23). The molecule has 2 aromatic rings. The number of rotatable bonds is 4. The van der Waals surface area contributed by atoms with Crippen molar-refractivity contribution in [1.82, 2.24) is 5.32 Å². The van der Waals surface area contributed by atoms with E-state index >= 15 is 0 Å². The Kier molecular flexibility index (Phi) is 4.86. The van der Waals surface area contributed by atoms with Crippen molar-refractivity contribution >= 4 is 34.9 Å². The van der Waals surface area contributed by atoms with Crippen LogP contribution >= 0.6 is 11.6 Å². The van der Waals surface area contributed by atoms with E-state index in [1.165, 1.54) is 0 Å². The summed E-state index contributed by atoms with van der Waals surface area (Å²) in [6.07, 6.45) is 0.631. The van der Waals surface area contributed by atoms with E-state index in [1.807, 2.05) is 18.2 Å². The van der Waals surface area contributed by atoms with Gasteiger partial charge >= 0.3 is 6.03 Å². The molecule has 3 rings (SSSR count). The molecule has 0 saturated heterocycles. The van der Waals surface area contributed by atoms with Gasteiger partial charge in [0.15, 0.2) is 6.61 Å². The summed E-state index contributed by atoms with van der Waals surface area (Å²) in [7, 11) is 0. The van der Waals surface area contributed by atoms with Crippen molar-refractivity contribution in [2.24, 2.45) is 0 Å². The number of fused-ring (bicyclic) bond motifs is 1. The molecular weight excluding hydrogens is 330 g/mol. The van der Waals surface area contributed by atoms with Crippen LogP contribution in [0.15, 0.2) is 42.5 Å². The first-order valence-electron chi connectivity index (χ1n) is 7.46. The van der Waals surface area contributed by atoms with Crippen molar-refractivity contribution in [3.05, 3.63) is 53.1 Å². The van der Waals surface area contributed by atoms with Crippen LogP contribution in [0.4, 0.5) is 16.2 Å². The zero-order valence-corrected chi connectivity index (χ0v) is 13.5. The first kappa shape index (κ1) is 16.1. The Morgan fingerprint density at radius 3 is 2.96 bits per heavy atom. The van der Waals surface area contributed by atoms with E-state index in [-0.39, 0.29) is 18.5 Å². The van der Waals surface area contributed by atoms with E-state index in [2.05, 4.69) is 16.0 Å². The van der Waals surface area contributed by atoms with E-state index < -0.39 is 0 Å². The van der Waals surface area contributed by atoms with Crippen LogP contribution in [-0.2, 0) is 11.2 Å². The van der Waals surface area contributed by atoms with Gasteiger partial charge in [-0.3, -0.25) is 4.79 Å². The third-order valence-corrected chi connectivity index (χ3v) is 3.69. The van der Waals surface area contributed by atoms with Crippen molar-refractivity contribution in [3.8, 4) is 5.75 Å². The van der Waals surface area contributed by atoms with Crippen LogP contribution in [0, 0.1) is 0 Å². The Labute approximate surface area is 144 Å². The molecule has 0 bridgehead atoms. The number of carbonyl (C=O) groups excluding carboxylic acids is 2. The molecule has 0 aromatic heterocycles. The molecule has 24 heavy (non-hydrogen) atoms. The first-order chi connectivity index (χ1) is 11.6. The van der Waals surface area contributed by atoms with Crippen molar-refractivity contribution in [2.45, 2.75) is 6.42 Å². The smallest absolute Gasteiger partial charge is 0.319 e. The number of hydrogen-bond acceptors (Lipinski definition) is 3. The highest BCUT2D eigenvalue weighted by Crippen LogP contribution is 2.28. The lowest BCUT2D eigenvalue weighted by Crippen LogP contribution is -2.30. The van der Waals surface area contributed by atoms with Crippen LogP contribution in [-0.4, -0.2) is 25.1 Å². The summed E-state index contributed by atoms with van der Waals surface area (Å²) in [6, 6.07) is 12.2. The number of hydrogen-bond donors (Lipinski definition) is 3. The summed E-state index contributed by atoms with van der Waals surface area (Å²) in [6.45, 7) is 0.498. The van der Waals surface area contributed by atoms with E-state index in [0.717, 1.165) is 5.56 Å². The van der Waals surface area contributed by atoms with E-state index in [9.17, 15) is 9.59 Å². The molecule has 0 unspecified atom stereocenters.